The van der Waals surface area contributed by atoms with Gasteiger partial charge in [-0.05, 0) is 62.4 Å². The molecule has 1 amide bonds. The summed E-state index contributed by atoms with van der Waals surface area (Å²) in [6.45, 7) is 6.37. The van der Waals surface area contributed by atoms with Crippen molar-refractivity contribution in [2.45, 2.75) is 38.3 Å². The average molecular weight is 418 g/mol. The van der Waals surface area contributed by atoms with Gasteiger partial charge in [0.1, 0.15) is 17.5 Å². The van der Waals surface area contributed by atoms with Gasteiger partial charge in [0.15, 0.2) is 5.60 Å². The fraction of sp³-hybridized carbons (Fsp3) is 0.435. The van der Waals surface area contributed by atoms with Crippen molar-refractivity contribution >= 4 is 17.5 Å². The molecular weight excluding hydrogens is 388 g/mol. The lowest BCUT2D eigenvalue weighted by Gasteiger charge is -2.29. The third kappa shape index (κ3) is 5.64. The first kappa shape index (κ1) is 21.5. The first-order valence-corrected chi connectivity index (χ1v) is 10.5. The number of carbonyl (C=O) groups is 1. The highest BCUT2D eigenvalue weighted by Crippen LogP contribution is 2.21. The van der Waals surface area contributed by atoms with Crippen LogP contribution in [0.3, 0.4) is 0 Å². The minimum Gasteiger partial charge on any atom is -0.497 e. The third-order valence-corrected chi connectivity index (χ3v) is 5.71. The van der Waals surface area contributed by atoms with Crippen LogP contribution in [0.15, 0.2) is 48.5 Å². The molecule has 2 N–H and O–H groups in total. The van der Waals surface area contributed by atoms with E-state index in [4.69, 9.17) is 21.1 Å². The van der Waals surface area contributed by atoms with E-state index in [1.807, 2.05) is 12.1 Å². The Labute approximate surface area is 177 Å². The summed E-state index contributed by atoms with van der Waals surface area (Å²) in [5, 5.41) is 3.75. The number of hydrogen-bond donors (Lipinski definition) is 2. The Morgan fingerprint density at radius 2 is 1.66 bits per heavy atom. The molecule has 1 aliphatic heterocycles. The van der Waals surface area contributed by atoms with Crippen LogP contribution in [0, 0.1) is 0 Å². The molecule has 1 aliphatic rings. The maximum absolute atomic E-state index is 12.9. The Morgan fingerprint density at radius 3 is 2.24 bits per heavy atom. The van der Waals surface area contributed by atoms with E-state index in [-0.39, 0.29) is 11.9 Å². The normalized spacial score (nSPS) is 15.7. The number of likely N-dealkylation sites (tertiary alicyclic amines) is 1. The largest absolute Gasteiger partial charge is 0.497 e. The van der Waals surface area contributed by atoms with Crippen LogP contribution < -0.4 is 19.7 Å². The molecule has 0 radical (unpaired) electrons. The average Bonchev–Trinajstić information content (AvgIpc) is 3.24. The van der Waals surface area contributed by atoms with E-state index >= 15 is 0 Å². The molecule has 29 heavy (non-hydrogen) atoms. The number of nitrogens with one attached hydrogen (secondary N) is 2. The van der Waals surface area contributed by atoms with Gasteiger partial charge in [-0.2, -0.15) is 0 Å². The SMILES string of the molecule is COc1ccc([C@@H](CNC(=O)C(C)(C)Oc2ccc(Cl)cc2)[NH+]2CCCC2)cc1. The van der Waals surface area contributed by atoms with E-state index in [1.54, 1.807) is 45.2 Å². The Hall–Kier alpha value is -2.24. The second-order valence-corrected chi connectivity index (χ2v) is 8.40. The number of methoxy groups -OCH3 is 1. The fourth-order valence-electron chi connectivity index (χ4n) is 3.76. The van der Waals surface area contributed by atoms with Gasteiger partial charge in [0.25, 0.3) is 5.91 Å². The molecule has 0 aromatic heterocycles. The highest BCUT2D eigenvalue weighted by atomic mass is 35.5. The van der Waals surface area contributed by atoms with Crippen LogP contribution in [0.2, 0.25) is 5.02 Å². The van der Waals surface area contributed by atoms with Crippen LogP contribution in [-0.2, 0) is 4.79 Å². The molecule has 2 aromatic carbocycles. The van der Waals surface area contributed by atoms with Gasteiger partial charge in [0, 0.05) is 23.4 Å². The van der Waals surface area contributed by atoms with E-state index in [1.165, 1.54) is 23.3 Å². The summed E-state index contributed by atoms with van der Waals surface area (Å²) in [4.78, 5) is 14.4. The lowest BCUT2D eigenvalue weighted by Crippen LogP contribution is -3.11. The van der Waals surface area contributed by atoms with Crippen molar-refractivity contribution in [1.29, 1.82) is 0 Å². The summed E-state index contributed by atoms with van der Waals surface area (Å²) in [6, 6.07) is 15.4. The quantitative estimate of drug-likeness (QED) is 0.694. The van der Waals surface area contributed by atoms with Gasteiger partial charge in [-0.1, -0.05) is 11.6 Å². The Balaban J connectivity index is 1.67. The Kier molecular flexibility index (Phi) is 7.04. The number of benzene rings is 2. The number of quaternary nitrogens is 1. The highest BCUT2D eigenvalue weighted by molar-refractivity contribution is 6.30. The van der Waals surface area contributed by atoms with Crippen molar-refractivity contribution in [1.82, 2.24) is 5.32 Å². The molecule has 0 bridgehead atoms. The number of ether oxygens (including phenoxy) is 2. The predicted molar refractivity (Wildman–Crippen MR) is 115 cm³/mol. The third-order valence-electron chi connectivity index (χ3n) is 5.46. The molecule has 1 heterocycles. The molecule has 0 aliphatic carbocycles. The molecule has 0 unspecified atom stereocenters. The van der Waals surface area contributed by atoms with Crippen LogP contribution in [0.4, 0.5) is 0 Å². The molecule has 156 valence electrons. The molecule has 0 spiro atoms. The lowest BCUT2D eigenvalue weighted by molar-refractivity contribution is -0.918. The molecule has 6 heteroatoms. The van der Waals surface area contributed by atoms with Crippen LogP contribution in [0.5, 0.6) is 11.5 Å². The van der Waals surface area contributed by atoms with E-state index in [0.717, 1.165) is 18.8 Å². The van der Waals surface area contributed by atoms with E-state index < -0.39 is 5.60 Å². The smallest absolute Gasteiger partial charge is 0.263 e. The minimum atomic E-state index is -0.987. The first-order chi connectivity index (χ1) is 13.9. The van der Waals surface area contributed by atoms with E-state index in [2.05, 4.69) is 17.4 Å². The Bertz CT molecular complexity index is 800. The maximum atomic E-state index is 12.9. The van der Waals surface area contributed by atoms with Crippen LogP contribution in [-0.4, -0.2) is 38.3 Å². The summed E-state index contributed by atoms with van der Waals surface area (Å²) in [5.41, 5.74) is 0.220. The molecule has 2 aromatic rings. The van der Waals surface area contributed by atoms with E-state index in [9.17, 15) is 4.79 Å². The number of halogens is 1. The standard InChI is InChI=1S/C23H29ClN2O3/c1-23(2,29-20-12-8-18(24)9-13-20)22(27)25-16-21(26-14-4-5-15-26)17-6-10-19(28-3)11-7-17/h6-13,21H,4-5,14-16H2,1-3H3,(H,25,27)/p+1/t21-/m1/s1. The molecule has 5 nitrogen and oxygen atoms in total. The summed E-state index contributed by atoms with van der Waals surface area (Å²) < 4.78 is 11.2. The van der Waals surface area contributed by atoms with Crippen molar-refractivity contribution in [2.24, 2.45) is 0 Å². The topological polar surface area (TPSA) is 52.0 Å². The Morgan fingerprint density at radius 1 is 1.07 bits per heavy atom. The molecule has 1 fully saturated rings. The van der Waals surface area contributed by atoms with Crippen LogP contribution in [0.25, 0.3) is 0 Å². The molecule has 0 saturated carbocycles. The van der Waals surface area contributed by atoms with Gasteiger partial charge < -0.3 is 19.7 Å². The second-order valence-electron chi connectivity index (χ2n) is 7.97. The van der Waals surface area contributed by atoms with Gasteiger partial charge >= 0.3 is 0 Å². The predicted octanol–water partition coefficient (Wildman–Crippen LogP) is 3.04. The zero-order chi connectivity index (χ0) is 20.9. The monoisotopic (exact) mass is 417 g/mol. The number of rotatable bonds is 8. The first-order valence-electron chi connectivity index (χ1n) is 10.1. The summed E-state index contributed by atoms with van der Waals surface area (Å²) in [7, 11) is 1.67. The van der Waals surface area contributed by atoms with Gasteiger partial charge in [-0.3, -0.25) is 4.79 Å². The molecule has 3 rings (SSSR count). The summed E-state index contributed by atoms with van der Waals surface area (Å²) in [5.74, 6) is 1.32. The number of carbonyl (C=O) groups excluding carboxylic acids is 1. The van der Waals surface area contributed by atoms with Gasteiger partial charge in [-0.15, -0.1) is 0 Å². The van der Waals surface area contributed by atoms with Crippen LogP contribution >= 0.6 is 11.6 Å². The van der Waals surface area contributed by atoms with Crippen molar-refractivity contribution in [3.05, 3.63) is 59.1 Å². The van der Waals surface area contributed by atoms with Crippen molar-refractivity contribution in [3.63, 3.8) is 0 Å². The van der Waals surface area contributed by atoms with Crippen molar-refractivity contribution in [2.75, 3.05) is 26.7 Å². The number of amides is 1. The van der Waals surface area contributed by atoms with E-state index in [0.29, 0.717) is 17.3 Å². The minimum absolute atomic E-state index is 0.135. The number of hydrogen-bond acceptors (Lipinski definition) is 3. The van der Waals surface area contributed by atoms with Gasteiger partial charge in [0.05, 0.1) is 26.7 Å². The fourth-order valence-corrected chi connectivity index (χ4v) is 3.89. The highest BCUT2D eigenvalue weighted by Gasteiger charge is 2.33. The molecular formula is C23H30ClN2O3+. The molecule has 1 saturated heterocycles. The van der Waals surface area contributed by atoms with Crippen molar-refractivity contribution < 1.29 is 19.2 Å². The zero-order valence-electron chi connectivity index (χ0n) is 17.3. The summed E-state index contributed by atoms with van der Waals surface area (Å²) >= 11 is 5.92. The second kappa shape index (κ2) is 9.51. The maximum Gasteiger partial charge on any atom is 0.263 e. The van der Waals surface area contributed by atoms with Gasteiger partial charge in [-0.25, -0.2) is 0 Å². The van der Waals surface area contributed by atoms with Crippen LogP contribution in [0.1, 0.15) is 38.3 Å². The summed E-state index contributed by atoms with van der Waals surface area (Å²) in [6.07, 6.45) is 2.45. The molecule has 1 atom stereocenters. The van der Waals surface area contributed by atoms with Crippen molar-refractivity contribution in [3.8, 4) is 11.5 Å². The van der Waals surface area contributed by atoms with Gasteiger partial charge in [0.2, 0.25) is 0 Å². The lowest BCUT2D eigenvalue weighted by atomic mass is 10.0. The zero-order valence-corrected chi connectivity index (χ0v) is 18.1.